The Kier molecular flexibility index (Phi) is 10.3. The molecule has 1 saturated carbocycles. The highest BCUT2D eigenvalue weighted by molar-refractivity contribution is 5.83. The van der Waals surface area contributed by atoms with Crippen molar-refractivity contribution in [1.82, 2.24) is 6.15 Å². The second-order valence-corrected chi connectivity index (χ2v) is 6.75. The lowest BCUT2D eigenvalue weighted by atomic mass is 10.1. The summed E-state index contributed by atoms with van der Waals surface area (Å²) >= 11 is 0. The molecule has 0 unspecified atom stereocenters. The molecule has 0 aromatic heterocycles. The molecule has 0 radical (unpaired) electrons. The van der Waals surface area contributed by atoms with Gasteiger partial charge in [-0.3, -0.25) is 9.28 Å². The molecule has 1 aliphatic rings. The maximum absolute atomic E-state index is 11.3. The molecular weight excluding hydrogens is 382 g/mol. The second kappa shape index (κ2) is 10.5. The standard InChI is InChI=1S/C10H13NO8.C5H11NO2.H3N/c12-6(13)3-11(4-7(14)15,5-8(16)17)10(1-2-10)9(18)19;1-3(2)4(6)5(7)8;/h1-5H2,(H3-,12,13,14,15,16,17,18,19);3-4H,6H2,1-2H3,(H,7,8);1H3/p+1/t;4-;/m.0./s1. The van der Waals surface area contributed by atoms with Crippen LogP contribution in [0, 0.1) is 5.92 Å². The first-order chi connectivity index (χ1) is 12.2. The Bertz CT molecular complexity index is 574. The summed E-state index contributed by atoms with van der Waals surface area (Å²) in [4.78, 5) is 53.9. The molecule has 0 spiro atoms. The van der Waals surface area contributed by atoms with Gasteiger partial charge in [-0.2, -0.15) is 0 Å². The molecule has 1 aliphatic carbocycles. The number of carboxylic acid groups (broad SMARTS) is 5. The van der Waals surface area contributed by atoms with E-state index in [1.165, 1.54) is 0 Å². The van der Waals surface area contributed by atoms with Gasteiger partial charge in [0.05, 0.1) is 0 Å². The maximum Gasteiger partial charge on any atom is 0.365 e. The highest BCUT2D eigenvalue weighted by atomic mass is 16.4. The summed E-state index contributed by atoms with van der Waals surface area (Å²) in [5.41, 5.74) is 3.53. The van der Waals surface area contributed by atoms with Crippen molar-refractivity contribution >= 4 is 29.8 Å². The van der Waals surface area contributed by atoms with E-state index in [9.17, 15) is 29.1 Å². The molecule has 1 rings (SSSR count). The zero-order valence-electron chi connectivity index (χ0n) is 15.7. The summed E-state index contributed by atoms with van der Waals surface area (Å²) in [5.74, 6) is -6.58. The smallest absolute Gasteiger partial charge is 0.365 e. The summed E-state index contributed by atoms with van der Waals surface area (Å²) in [5, 5.41) is 44.0. The zero-order valence-corrected chi connectivity index (χ0v) is 15.7. The summed E-state index contributed by atoms with van der Waals surface area (Å²) in [7, 11) is 0. The molecule has 162 valence electrons. The van der Waals surface area contributed by atoms with Crippen LogP contribution in [0.1, 0.15) is 26.7 Å². The van der Waals surface area contributed by atoms with Crippen molar-refractivity contribution in [2.24, 2.45) is 11.7 Å². The van der Waals surface area contributed by atoms with Gasteiger partial charge in [0.25, 0.3) is 0 Å². The van der Waals surface area contributed by atoms with Crippen LogP contribution in [0.15, 0.2) is 0 Å². The molecule has 0 amide bonds. The first-order valence-corrected chi connectivity index (χ1v) is 7.94. The maximum atomic E-state index is 11.3. The van der Waals surface area contributed by atoms with Crippen molar-refractivity contribution in [1.29, 1.82) is 0 Å². The molecule has 0 aliphatic heterocycles. The van der Waals surface area contributed by atoms with Crippen LogP contribution >= 0.6 is 0 Å². The fraction of sp³-hybridized carbons (Fsp3) is 0.667. The minimum Gasteiger partial charge on any atom is -0.480 e. The van der Waals surface area contributed by atoms with Gasteiger partial charge in [-0.15, -0.1) is 0 Å². The number of rotatable bonds is 10. The van der Waals surface area contributed by atoms with Gasteiger partial charge in [-0.25, -0.2) is 19.2 Å². The van der Waals surface area contributed by atoms with Crippen LogP contribution in [0.3, 0.4) is 0 Å². The van der Waals surface area contributed by atoms with Crippen molar-refractivity contribution in [3.63, 3.8) is 0 Å². The molecule has 1 atom stereocenters. The molecule has 13 heteroatoms. The van der Waals surface area contributed by atoms with E-state index < -0.39 is 65.5 Å². The van der Waals surface area contributed by atoms with Crippen molar-refractivity contribution in [2.75, 3.05) is 19.6 Å². The SMILES string of the molecule is CC(C)[C@H](N)C(=O)O.N.O=C(O)C[N+](CC(=O)O)(CC(=O)O)C1(C(=O)O)CC1. The van der Waals surface area contributed by atoms with Crippen LogP contribution in [0.25, 0.3) is 0 Å². The normalized spacial score (nSPS) is 15.3. The minimum absolute atomic E-state index is 0. The number of hydrogen-bond acceptors (Lipinski definition) is 7. The van der Waals surface area contributed by atoms with E-state index in [1.54, 1.807) is 13.8 Å². The Balaban J connectivity index is 0. The van der Waals surface area contributed by atoms with Crippen LogP contribution in [0.2, 0.25) is 0 Å². The van der Waals surface area contributed by atoms with E-state index in [1.807, 2.05) is 0 Å². The third-order valence-electron chi connectivity index (χ3n) is 4.35. The van der Waals surface area contributed by atoms with Gasteiger partial charge in [0.1, 0.15) is 6.04 Å². The molecule has 0 aromatic rings. The van der Waals surface area contributed by atoms with Gasteiger partial charge in [0.2, 0.25) is 0 Å². The quantitative estimate of drug-likeness (QED) is 0.212. The number of aliphatic carboxylic acids is 5. The summed E-state index contributed by atoms with van der Waals surface area (Å²) in [6.07, 6.45) is 0.131. The molecule has 1 fully saturated rings. The van der Waals surface area contributed by atoms with Crippen molar-refractivity contribution in [2.45, 2.75) is 38.3 Å². The van der Waals surface area contributed by atoms with Gasteiger partial charge in [0.15, 0.2) is 25.2 Å². The first-order valence-electron chi connectivity index (χ1n) is 7.94. The number of hydrogen-bond donors (Lipinski definition) is 7. The zero-order chi connectivity index (χ0) is 21.6. The van der Waals surface area contributed by atoms with Crippen molar-refractivity contribution in [3.05, 3.63) is 0 Å². The number of nitrogens with two attached hydrogens (primary N) is 1. The topological polar surface area (TPSA) is 248 Å². The van der Waals surface area contributed by atoms with Crippen LogP contribution in [-0.4, -0.2) is 91.1 Å². The molecule has 10 N–H and O–H groups in total. The van der Waals surface area contributed by atoms with Gasteiger partial charge < -0.3 is 37.4 Å². The van der Waals surface area contributed by atoms with E-state index in [0.29, 0.717) is 0 Å². The molecule has 0 saturated heterocycles. The highest BCUT2D eigenvalue weighted by Gasteiger charge is 2.68. The summed E-state index contributed by atoms with van der Waals surface area (Å²) in [6.45, 7) is 0.984. The van der Waals surface area contributed by atoms with Gasteiger partial charge in [-0.05, 0) is 5.92 Å². The third kappa shape index (κ3) is 7.09. The Morgan fingerprint density at radius 2 is 1.18 bits per heavy atom. The van der Waals surface area contributed by atoms with E-state index in [-0.39, 0.29) is 24.9 Å². The lowest BCUT2D eigenvalue weighted by molar-refractivity contribution is -0.933. The Morgan fingerprint density at radius 1 is 0.857 bits per heavy atom. The Morgan fingerprint density at radius 3 is 1.29 bits per heavy atom. The molecule has 28 heavy (non-hydrogen) atoms. The predicted molar refractivity (Wildman–Crippen MR) is 92.8 cm³/mol. The van der Waals surface area contributed by atoms with Crippen LogP contribution in [-0.2, 0) is 24.0 Å². The molecular formula is C15H28N3O10+. The fourth-order valence-electron chi connectivity index (χ4n) is 2.69. The Hall–Kier alpha value is -2.77. The van der Waals surface area contributed by atoms with E-state index >= 15 is 0 Å². The lowest BCUT2D eigenvalue weighted by Gasteiger charge is -2.39. The van der Waals surface area contributed by atoms with E-state index in [2.05, 4.69) is 0 Å². The molecule has 0 aromatic carbocycles. The van der Waals surface area contributed by atoms with E-state index in [0.717, 1.165) is 0 Å². The summed E-state index contributed by atoms with van der Waals surface area (Å²) in [6, 6.07) is -0.713. The Labute approximate surface area is 160 Å². The van der Waals surface area contributed by atoms with Gasteiger partial charge in [0, 0.05) is 12.8 Å². The number of carboxylic acids is 5. The number of carbonyl (C=O) groups is 5. The monoisotopic (exact) mass is 410 g/mol. The van der Waals surface area contributed by atoms with Crippen LogP contribution < -0.4 is 11.9 Å². The van der Waals surface area contributed by atoms with E-state index in [4.69, 9.17) is 26.2 Å². The van der Waals surface area contributed by atoms with Gasteiger partial charge >= 0.3 is 29.8 Å². The largest absolute Gasteiger partial charge is 0.480 e. The van der Waals surface area contributed by atoms with Crippen LogP contribution in [0.5, 0.6) is 0 Å². The lowest BCUT2D eigenvalue weighted by Crippen LogP contribution is -2.66. The predicted octanol–water partition coefficient (Wildman–Crippen LogP) is -1.11. The van der Waals surface area contributed by atoms with Gasteiger partial charge in [-0.1, -0.05) is 13.8 Å². The van der Waals surface area contributed by atoms with Crippen molar-refractivity contribution < 1.29 is 54.0 Å². The molecule has 13 nitrogen and oxygen atoms in total. The average Bonchev–Trinajstić information content (AvgIpc) is 3.26. The summed E-state index contributed by atoms with van der Waals surface area (Å²) < 4.78 is -1.01. The minimum atomic E-state index is -1.63. The number of quaternary nitrogens is 1. The first kappa shape index (κ1) is 27.4. The fourth-order valence-corrected chi connectivity index (χ4v) is 2.69. The average molecular weight is 410 g/mol. The number of nitrogens with zero attached hydrogens (tertiary/aromatic N) is 1. The second-order valence-electron chi connectivity index (χ2n) is 6.75. The molecule has 0 heterocycles. The van der Waals surface area contributed by atoms with Crippen molar-refractivity contribution in [3.8, 4) is 0 Å². The molecule has 0 bridgehead atoms. The highest BCUT2D eigenvalue weighted by Crippen LogP contribution is 2.47. The third-order valence-corrected chi connectivity index (χ3v) is 4.35. The van der Waals surface area contributed by atoms with Crippen LogP contribution in [0.4, 0.5) is 0 Å².